The van der Waals surface area contributed by atoms with Gasteiger partial charge in [0, 0.05) is 23.9 Å². The van der Waals surface area contributed by atoms with Crippen LogP contribution in [0, 0.1) is 20.2 Å². The SMILES string of the molecule is CCC(CC)Nc1ccc([N+](=O)[O-])c([N+](=O)[O-])c1. The molecule has 0 heterocycles. The van der Waals surface area contributed by atoms with Crippen LogP contribution >= 0.6 is 0 Å². The molecule has 98 valence electrons. The Hall–Kier alpha value is -2.18. The number of nitrogens with zero attached hydrogens (tertiary/aromatic N) is 2. The first-order valence-corrected chi connectivity index (χ1v) is 5.68. The Morgan fingerprint density at radius 1 is 1.11 bits per heavy atom. The first kappa shape index (κ1) is 13.9. The van der Waals surface area contributed by atoms with E-state index in [1.807, 2.05) is 13.8 Å². The summed E-state index contributed by atoms with van der Waals surface area (Å²) in [4.78, 5) is 19.9. The summed E-state index contributed by atoms with van der Waals surface area (Å²) in [5.74, 6) is 0. The second-order valence-corrected chi connectivity index (χ2v) is 3.88. The predicted molar refractivity (Wildman–Crippen MR) is 67.7 cm³/mol. The molecule has 18 heavy (non-hydrogen) atoms. The number of nitro groups is 2. The van der Waals surface area contributed by atoms with Crippen LogP contribution in [0.4, 0.5) is 17.1 Å². The normalized spacial score (nSPS) is 10.4. The number of anilines is 1. The highest BCUT2D eigenvalue weighted by Crippen LogP contribution is 2.30. The Morgan fingerprint density at radius 2 is 1.67 bits per heavy atom. The topological polar surface area (TPSA) is 98.3 Å². The van der Waals surface area contributed by atoms with E-state index in [1.54, 1.807) is 0 Å². The highest BCUT2D eigenvalue weighted by atomic mass is 16.6. The molecule has 0 aliphatic carbocycles. The van der Waals surface area contributed by atoms with Crippen LogP contribution in [0.2, 0.25) is 0 Å². The fraction of sp³-hybridized carbons (Fsp3) is 0.455. The van der Waals surface area contributed by atoms with Gasteiger partial charge in [0.2, 0.25) is 0 Å². The third-order valence-electron chi connectivity index (χ3n) is 2.73. The van der Waals surface area contributed by atoms with Crippen molar-refractivity contribution in [1.29, 1.82) is 0 Å². The summed E-state index contributed by atoms with van der Waals surface area (Å²) < 4.78 is 0. The predicted octanol–water partition coefficient (Wildman–Crippen LogP) is 3.10. The molecule has 0 bridgehead atoms. The van der Waals surface area contributed by atoms with Crippen LogP contribution in [-0.4, -0.2) is 15.9 Å². The van der Waals surface area contributed by atoms with Crippen LogP contribution < -0.4 is 5.32 Å². The molecule has 0 radical (unpaired) electrons. The molecule has 0 saturated heterocycles. The standard InChI is InChI=1S/C11H15N3O4/c1-3-8(4-2)12-9-5-6-10(13(15)16)11(7-9)14(17)18/h5-8,12H,3-4H2,1-2H3. The van der Waals surface area contributed by atoms with Crippen molar-refractivity contribution < 1.29 is 9.85 Å². The maximum Gasteiger partial charge on any atom is 0.348 e. The Balaban J connectivity index is 3.07. The number of rotatable bonds is 6. The van der Waals surface area contributed by atoms with E-state index in [9.17, 15) is 20.2 Å². The molecule has 0 saturated carbocycles. The van der Waals surface area contributed by atoms with Gasteiger partial charge in [0.25, 0.3) is 0 Å². The largest absolute Gasteiger partial charge is 0.382 e. The lowest BCUT2D eigenvalue weighted by atomic mass is 10.1. The quantitative estimate of drug-likeness (QED) is 0.620. The van der Waals surface area contributed by atoms with E-state index in [1.165, 1.54) is 12.1 Å². The molecule has 7 heteroatoms. The third-order valence-corrected chi connectivity index (χ3v) is 2.73. The van der Waals surface area contributed by atoms with Gasteiger partial charge in [-0.15, -0.1) is 0 Å². The van der Waals surface area contributed by atoms with Gasteiger partial charge >= 0.3 is 11.4 Å². The fourth-order valence-corrected chi connectivity index (χ4v) is 1.64. The zero-order valence-corrected chi connectivity index (χ0v) is 10.3. The molecule has 1 rings (SSSR count). The van der Waals surface area contributed by atoms with Crippen molar-refractivity contribution in [3.05, 3.63) is 38.4 Å². The summed E-state index contributed by atoms with van der Waals surface area (Å²) in [6.45, 7) is 4.00. The highest BCUT2D eigenvalue weighted by Gasteiger charge is 2.24. The van der Waals surface area contributed by atoms with Crippen molar-refractivity contribution >= 4 is 17.1 Å². The van der Waals surface area contributed by atoms with E-state index in [0.717, 1.165) is 18.9 Å². The molecule has 1 aromatic carbocycles. The Bertz CT molecular complexity index is 458. The van der Waals surface area contributed by atoms with Crippen LogP contribution in [-0.2, 0) is 0 Å². The molecular weight excluding hydrogens is 238 g/mol. The third kappa shape index (κ3) is 3.16. The average molecular weight is 253 g/mol. The lowest BCUT2D eigenvalue weighted by Crippen LogP contribution is -2.17. The molecule has 0 atom stereocenters. The number of nitrogens with one attached hydrogen (secondary N) is 1. The van der Waals surface area contributed by atoms with Crippen molar-refractivity contribution in [2.45, 2.75) is 32.7 Å². The monoisotopic (exact) mass is 253 g/mol. The smallest absolute Gasteiger partial charge is 0.348 e. The zero-order chi connectivity index (χ0) is 13.7. The summed E-state index contributed by atoms with van der Waals surface area (Å²) in [5, 5.41) is 24.5. The summed E-state index contributed by atoms with van der Waals surface area (Å²) in [6, 6.07) is 4.05. The van der Waals surface area contributed by atoms with Crippen LogP contribution in [0.25, 0.3) is 0 Å². The van der Waals surface area contributed by atoms with Crippen LogP contribution in [0.15, 0.2) is 18.2 Å². The first-order chi connectivity index (χ1) is 8.49. The van der Waals surface area contributed by atoms with Gasteiger partial charge in [-0.3, -0.25) is 20.2 Å². The zero-order valence-electron chi connectivity index (χ0n) is 10.3. The second-order valence-electron chi connectivity index (χ2n) is 3.88. The van der Waals surface area contributed by atoms with Crippen LogP contribution in [0.5, 0.6) is 0 Å². The Morgan fingerprint density at radius 3 is 2.11 bits per heavy atom. The molecule has 0 amide bonds. The van der Waals surface area contributed by atoms with Gasteiger partial charge in [0.1, 0.15) is 0 Å². The van der Waals surface area contributed by atoms with Crippen molar-refractivity contribution in [1.82, 2.24) is 0 Å². The highest BCUT2D eigenvalue weighted by molar-refractivity contribution is 5.62. The van der Waals surface area contributed by atoms with E-state index in [4.69, 9.17) is 0 Å². The van der Waals surface area contributed by atoms with Crippen LogP contribution in [0.3, 0.4) is 0 Å². The van der Waals surface area contributed by atoms with Gasteiger partial charge in [-0.2, -0.15) is 0 Å². The lowest BCUT2D eigenvalue weighted by molar-refractivity contribution is -0.422. The van der Waals surface area contributed by atoms with E-state index in [0.29, 0.717) is 5.69 Å². The first-order valence-electron chi connectivity index (χ1n) is 5.68. The van der Waals surface area contributed by atoms with Crippen LogP contribution in [0.1, 0.15) is 26.7 Å². The molecule has 0 spiro atoms. The number of hydrogen-bond donors (Lipinski definition) is 1. The number of hydrogen-bond acceptors (Lipinski definition) is 5. The Labute approximate surface area is 104 Å². The minimum atomic E-state index is -0.751. The molecule has 0 aliphatic rings. The van der Waals surface area contributed by atoms with Crippen molar-refractivity contribution in [3.63, 3.8) is 0 Å². The van der Waals surface area contributed by atoms with Crippen molar-refractivity contribution in [2.24, 2.45) is 0 Å². The molecule has 0 unspecified atom stereocenters. The molecule has 0 fully saturated rings. The van der Waals surface area contributed by atoms with Crippen molar-refractivity contribution in [3.8, 4) is 0 Å². The van der Waals surface area contributed by atoms with E-state index in [2.05, 4.69) is 5.32 Å². The second kappa shape index (κ2) is 5.95. The molecule has 1 N–H and O–H groups in total. The summed E-state index contributed by atoms with van der Waals surface area (Å²) in [5.41, 5.74) is -0.452. The van der Waals surface area contributed by atoms with Gasteiger partial charge in [-0.1, -0.05) is 13.8 Å². The summed E-state index contributed by atoms with van der Waals surface area (Å²) in [6.07, 6.45) is 1.75. The van der Waals surface area contributed by atoms with Gasteiger partial charge in [0.05, 0.1) is 9.85 Å². The van der Waals surface area contributed by atoms with Gasteiger partial charge < -0.3 is 5.32 Å². The lowest BCUT2D eigenvalue weighted by Gasteiger charge is -2.15. The van der Waals surface area contributed by atoms with Gasteiger partial charge in [-0.25, -0.2) is 0 Å². The van der Waals surface area contributed by atoms with E-state index < -0.39 is 21.2 Å². The van der Waals surface area contributed by atoms with Crippen molar-refractivity contribution in [2.75, 3.05) is 5.32 Å². The molecule has 0 aromatic heterocycles. The van der Waals surface area contributed by atoms with E-state index >= 15 is 0 Å². The Kier molecular flexibility index (Phi) is 4.59. The summed E-state index contributed by atoms with van der Waals surface area (Å²) >= 11 is 0. The average Bonchev–Trinajstić information content (AvgIpc) is 2.35. The molecule has 7 nitrogen and oxygen atoms in total. The minimum Gasteiger partial charge on any atom is -0.382 e. The number of benzene rings is 1. The van der Waals surface area contributed by atoms with Gasteiger partial charge in [0.15, 0.2) is 0 Å². The number of nitro benzene ring substituents is 2. The maximum absolute atomic E-state index is 10.8. The van der Waals surface area contributed by atoms with Gasteiger partial charge in [-0.05, 0) is 18.9 Å². The fourth-order valence-electron chi connectivity index (χ4n) is 1.64. The molecule has 1 aromatic rings. The molecular formula is C11H15N3O4. The minimum absolute atomic E-state index is 0.200. The van der Waals surface area contributed by atoms with E-state index in [-0.39, 0.29) is 6.04 Å². The molecule has 0 aliphatic heterocycles. The summed E-state index contributed by atoms with van der Waals surface area (Å²) in [7, 11) is 0. The maximum atomic E-state index is 10.8.